The second kappa shape index (κ2) is 7.92. The molecule has 1 heterocycles. The van der Waals surface area contributed by atoms with E-state index < -0.39 is 11.6 Å². The van der Waals surface area contributed by atoms with Crippen molar-refractivity contribution in [2.75, 3.05) is 26.2 Å². The van der Waals surface area contributed by atoms with Crippen LogP contribution in [0.1, 0.15) is 31.7 Å². The average Bonchev–Trinajstić information content (AvgIpc) is 3.32. The molecule has 2 aliphatic rings. The molecular formula is C18H26F2N4. The molecule has 1 aliphatic heterocycles. The molecule has 1 saturated heterocycles. The number of hydrogen-bond donors (Lipinski definition) is 2. The summed E-state index contributed by atoms with van der Waals surface area (Å²) in [7, 11) is 0. The molecule has 2 fully saturated rings. The molecule has 6 heteroatoms. The van der Waals surface area contributed by atoms with Crippen LogP contribution in [-0.4, -0.2) is 43.1 Å². The minimum atomic E-state index is -0.439. The van der Waals surface area contributed by atoms with Crippen molar-refractivity contribution in [2.45, 2.75) is 38.8 Å². The van der Waals surface area contributed by atoms with Crippen LogP contribution >= 0.6 is 0 Å². The predicted molar refractivity (Wildman–Crippen MR) is 91.9 cm³/mol. The third kappa shape index (κ3) is 4.66. The Hall–Kier alpha value is -1.69. The van der Waals surface area contributed by atoms with Gasteiger partial charge in [-0.15, -0.1) is 0 Å². The standard InChI is InChI=1S/C18H26F2N4/c1-2-21-18(23-11-14-9-15(19)3-6-17(14)20)22-10-13-7-8-24(12-13)16-4-5-16/h3,6,9,13,16H,2,4-5,7-8,10-12H2,1H3,(H2,21,22,23). The quantitative estimate of drug-likeness (QED) is 0.619. The third-order valence-electron chi connectivity index (χ3n) is 4.70. The van der Waals surface area contributed by atoms with Crippen molar-refractivity contribution in [1.82, 2.24) is 15.5 Å². The van der Waals surface area contributed by atoms with Gasteiger partial charge in [-0.1, -0.05) is 0 Å². The summed E-state index contributed by atoms with van der Waals surface area (Å²) in [6, 6.07) is 4.30. The van der Waals surface area contributed by atoms with Crippen LogP contribution in [-0.2, 0) is 6.54 Å². The molecule has 4 nitrogen and oxygen atoms in total. The maximum Gasteiger partial charge on any atom is 0.191 e. The van der Waals surface area contributed by atoms with Gasteiger partial charge in [0.2, 0.25) is 0 Å². The van der Waals surface area contributed by atoms with Gasteiger partial charge < -0.3 is 15.5 Å². The molecule has 0 amide bonds. The zero-order valence-electron chi connectivity index (χ0n) is 14.2. The Morgan fingerprint density at radius 3 is 2.83 bits per heavy atom. The number of nitrogens with zero attached hydrogens (tertiary/aromatic N) is 2. The number of nitrogens with one attached hydrogen (secondary N) is 2. The van der Waals surface area contributed by atoms with Gasteiger partial charge in [-0.3, -0.25) is 0 Å². The molecule has 1 atom stereocenters. The number of aliphatic imine (C=N–C) groups is 1. The first kappa shape index (κ1) is 17.1. The summed E-state index contributed by atoms with van der Waals surface area (Å²) in [6.45, 7) is 6.05. The highest BCUT2D eigenvalue weighted by atomic mass is 19.1. The fourth-order valence-electron chi connectivity index (χ4n) is 3.21. The van der Waals surface area contributed by atoms with E-state index in [0.29, 0.717) is 11.9 Å². The van der Waals surface area contributed by atoms with E-state index in [-0.39, 0.29) is 12.1 Å². The lowest BCUT2D eigenvalue weighted by molar-refractivity contribution is 0.314. The first-order valence-corrected chi connectivity index (χ1v) is 8.86. The maximum absolute atomic E-state index is 13.7. The Morgan fingerprint density at radius 1 is 1.25 bits per heavy atom. The molecule has 1 unspecified atom stereocenters. The molecule has 0 radical (unpaired) electrons. The summed E-state index contributed by atoms with van der Waals surface area (Å²) in [5.74, 6) is 0.420. The summed E-state index contributed by atoms with van der Waals surface area (Å²) in [6.07, 6.45) is 3.91. The highest BCUT2D eigenvalue weighted by Crippen LogP contribution is 2.31. The largest absolute Gasteiger partial charge is 0.357 e. The minimum Gasteiger partial charge on any atom is -0.357 e. The van der Waals surface area contributed by atoms with E-state index in [0.717, 1.165) is 37.8 Å². The van der Waals surface area contributed by atoms with Crippen molar-refractivity contribution in [3.8, 4) is 0 Å². The van der Waals surface area contributed by atoms with Gasteiger partial charge in [-0.2, -0.15) is 0 Å². The number of benzene rings is 1. The lowest BCUT2D eigenvalue weighted by atomic mass is 10.1. The van der Waals surface area contributed by atoms with Crippen LogP contribution in [0.15, 0.2) is 23.2 Å². The van der Waals surface area contributed by atoms with Crippen LogP contribution in [0.2, 0.25) is 0 Å². The lowest BCUT2D eigenvalue weighted by Crippen LogP contribution is -2.40. The average molecular weight is 336 g/mol. The van der Waals surface area contributed by atoms with Crippen molar-refractivity contribution in [3.63, 3.8) is 0 Å². The number of likely N-dealkylation sites (tertiary alicyclic amines) is 1. The normalized spacial score (nSPS) is 22.0. The molecule has 1 aliphatic carbocycles. The minimum absolute atomic E-state index is 0.123. The first-order valence-electron chi connectivity index (χ1n) is 8.86. The van der Waals surface area contributed by atoms with Crippen molar-refractivity contribution < 1.29 is 8.78 Å². The summed E-state index contributed by atoms with van der Waals surface area (Å²) >= 11 is 0. The molecule has 2 N–H and O–H groups in total. The van der Waals surface area contributed by atoms with E-state index in [2.05, 4.69) is 20.5 Å². The summed E-state index contributed by atoms with van der Waals surface area (Å²) in [4.78, 5) is 6.97. The van der Waals surface area contributed by atoms with Crippen molar-refractivity contribution in [2.24, 2.45) is 10.9 Å². The van der Waals surface area contributed by atoms with E-state index in [1.165, 1.54) is 31.9 Å². The van der Waals surface area contributed by atoms with Gasteiger partial charge in [-0.25, -0.2) is 13.8 Å². The molecule has 1 saturated carbocycles. The van der Waals surface area contributed by atoms with Gasteiger partial charge in [0.15, 0.2) is 5.96 Å². The van der Waals surface area contributed by atoms with Gasteiger partial charge in [0, 0.05) is 31.2 Å². The van der Waals surface area contributed by atoms with Crippen LogP contribution in [0.3, 0.4) is 0 Å². The molecule has 0 spiro atoms. The number of rotatable bonds is 6. The Morgan fingerprint density at radius 2 is 2.08 bits per heavy atom. The van der Waals surface area contributed by atoms with Crippen molar-refractivity contribution in [3.05, 3.63) is 35.4 Å². The van der Waals surface area contributed by atoms with Crippen LogP contribution in [0.4, 0.5) is 8.78 Å². The van der Waals surface area contributed by atoms with Crippen molar-refractivity contribution >= 4 is 5.96 Å². The van der Waals surface area contributed by atoms with E-state index in [4.69, 9.17) is 0 Å². The molecule has 1 aromatic carbocycles. The van der Waals surface area contributed by atoms with Gasteiger partial charge >= 0.3 is 0 Å². The Balaban J connectivity index is 1.52. The molecular weight excluding hydrogens is 310 g/mol. The number of hydrogen-bond acceptors (Lipinski definition) is 2. The van der Waals surface area contributed by atoms with Crippen LogP contribution < -0.4 is 10.6 Å². The summed E-state index contributed by atoms with van der Waals surface area (Å²) < 4.78 is 26.9. The van der Waals surface area contributed by atoms with Gasteiger partial charge in [0.1, 0.15) is 11.6 Å². The second-order valence-electron chi connectivity index (χ2n) is 6.69. The molecule has 0 aromatic heterocycles. The van der Waals surface area contributed by atoms with Crippen molar-refractivity contribution in [1.29, 1.82) is 0 Å². The maximum atomic E-state index is 13.7. The van der Waals surface area contributed by atoms with E-state index in [1.807, 2.05) is 6.92 Å². The van der Waals surface area contributed by atoms with E-state index in [1.54, 1.807) is 0 Å². The molecule has 3 rings (SSSR count). The Bertz CT molecular complexity index is 586. The fourth-order valence-corrected chi connectivity index (χ4v) is 3.21. The van der Waals surface area contributed by atoms with Gasteiger partial charge in [0.05, 0.1) is 6.54 Å². The SMILES string of the molecule is CCNC(=NCc1cc(F)ccc1F)NCC1CCN(C2CC2)C1. The smallest absolute Gasteiger partial charge is 0.191 e. The van der Waals surface area contributed by atoms with Crippen LogP contribution in [0.5, 0.6) is 0 Å². The Labute approximate surface area is 142 Å². The molecule has 0 bridgehead atoms. The number of halogens is 2. The fraction of sp³-hybridized carbons (Fsp3) is 0.611. The van der Waals surface area contributed by atoms with E-state index in [9.17, 15) is 8.78 Å². The highest BCUT2D eigenvalue weighted by molar-refractivity contribution is 5.79. The highest BCUT2D eigenvalue weighted by Gasteiger charge is 2.34. The zero-order valence-corrected chi connectivity index (χ0v) is 14.2. The monoisotopic (exact) mass is 336 g/mol. The van der Waals surface area contributed by atoms with Gasteiger partial charge in [0.25, 0.3) is 0 Å². The zero-order chi connectivity index (χ0) is 16.9. The van der Waals surface area contributed by atoms with Gasteiger partial charge in [-0.05, 0) is 56.8 Å². The molecule has 1 aromatic rings. The summed E-state index contributed by atoms with van der Waals surface area (Å²) in [5, 5.41) is 6.51. The van der Waals surface area contributed by atoms with E-state index >= 15 is 0 Å². The van der Waals surface area contributed by atoms with Crippen LogP contribution in [0.25, 0.3) is 0 Å². The molecule has 132 valence electrons. The lowest BCUT2D eigenvalue weighted by Gasteiger charge is -2.17. The topological polar surface area (TPSA) is 39.7 Å². The summed E-state index contributed by atoms with van der Waals surface area (Å²) in [5.41, 5.74) is 0.271. The molecule has 24 heavy (non-hydrogen) atoms. The third-order valence-corrected chi connectivity index (χ3v) is 4.70. The van der Waals surface area contributed by atoms with Crippen LogP contribution in [0, 0.1) is 17.6 Å². The number of guanidine groups is 1. The Kier molecular flexibility index (Phi) is 5.66. The predicted octanol–water partition coefficient (Wildman–Crippen LogP) is 2.50. The second-order valence-corrected chi connectivity index (χ2v) is 6.69. The first-order chi connectivity index (χ1) is 11.7.